The van der Waals surface area contributed by atoms with Crippen LogP contribution in [0.15, 0.2) is 59.8 Å². The van der Waals surface area contributed by atoms with Gasteiger partial charge in [0.2, 0.25) is 0 Å². The van der Waals surface area contributed by atoms with Gasteiger partial charge in [0.15, 0.2) is 15.7 Å². The summed E-state index contributed by atoms with van der Waals surface area (Å²) < 4.78 is 23.0. The molecule has 0 atom stereocenters. The van der Waals surface area contributed by atoms with E-state index in [1.807, 2.05) is 6.07 Å². The summed E-state index contributed by atoms with van der Waals surface area (Å²) in [5.41, 5.74) is 7.46. The molecule has 8 heteroatoms. The van der Waals surface area contributed by atoms with Gasteiger partial charge in [0, 0.05) is 25.2 Å². The number of aromatic nitrogens is 3. The van der Waals surface area contributed by atoms with E-state index in [0.717, 1.165) is 5.56 Å². The van der Waals surface area contributed by atoms with E-state index < -0.39 is 9.84 Å². The van der Waals surface area contributed by atoms with Crippen LogP contribution in [0, 0.1) is 0 Å². The van der Waals surface area contributed by atoms with Gasteiger partial charge in [-0.25, -0.2) is 23.4 Å². The molecule has 3 aromatic rings. The van der Waals surface area contributed by atoms with Gasteiger partial charge < -0.3 is 11.1 Å². The zero-order chi connectivity index (χ0) is 17.9. The predicted molar refractivity (Wildman–Crippen MR) is 96.6 cm³/mol. The number of nitrogens with two attached hydrogens (primary N) is 1. The first-order chi connectivity index (χ1) is 11.9. The van der Waals surface area contributed by atoms with E-state index in [9.17, 15) is 8.42 Å². The summed E-state index contributed by atoms with van der Waals surface area (Å²) in [6.45, 7) is 0.503. The van der Waals surface area contributed by atoms with Crippen molar-refractivity contribution in [3.63, 3.8) is 0 Å². The fourth-order valence-corrected chi connectivity index (χ4v) is 2.87. The van der Waals surface area contributed by atoms with E-state index in [2.05, 4.69) is 20.3 Å². The number of pyridine rings is 1. The summed E-state index contributed by atoms with van der Waals surface area (Å²) in [6, 6.07) is 12.1. The highest BCUT2D eigenvalue weighted by Gasteiger charge is 2.08. The Hall–Kier alpha value is -3.00. The molecule has 0 spiro atoms. The standard InChI is InChI=1S/C17H17N5O2S/c1-25(23,24)13-6-4-12(5-7-13)11-21-15-8-10-20-17(22-15)14-3-2-9-19-16(14)18/h2-10H,11H2,1H3,(H2,18,19)(H,20,21,22). The van der Waals surface area contributed by atoms with E-state index >= 15 is 0 Å². The molecular weight excluding hydrogens is 338 g/mol. The second kappa shape index (κ2) is 6.86. The summed E-state index contributed by atoms with van der Waals surface area (Å²) in [6.07, 6.45) is 4.44. The summed E-state index contributed by atoms with van der Waals surface area (Å²) in [5, 5.41) is 3.19. The lowest BCUT2D eigenvalue weighted by atomic mass is 10.2. The Morgan fingerprint density at radius 3 is 2.48 bits per heavy atom. The van der Waals surface area contributed by atoms with Crippen LogP contribution in [-0.2, 0) is 16.4 Å². The van der Waals surface area contributed by atoms with E-state index in [1.54, 1.807) is 48.8 Å². The Kier molecular flexibility index (Phi) is 4.62. The predicted octanol–water partition coefficient (Wildman–Crippen LogP) is 2.14. The first-order valence-electron chi connectivity index (χ1n) is 7.50. The molecule has 0 bridgehead atoms. The van der Waals surface area contributed by atoms with Gasteiger partial charge in [-0.3, -0.25) is 0 Å². The van der Waals surface area contributed by atoms with Gasteiger partial charge in [-0.2, -0.15) is 0 Å². The highest BCUT2D eigenvalue weighted by atomic mass is 32.2. The second-order valence-electron chi connectivity index (χ2n) is 5.47. The molecule has 0 amide bonds. The van der Waals surface area contributed by atoms with Crippen LogP contribution < -0.4 is 11.1 Å². The van der Waals surface area contributed by atoms with Gasteiger partial charge in [0.25, 0.3) is 0 Å². The van der Waals surface area contributed by atoms with Crippen molar-refractivity contribution in [3.8, 4) is 11.4 Å². The number of hydrogen-bond acceptors (Lipinski definition) is 7. The molecule has 0 aliphatic rings. The largest absolute Gasteiger partial charge is 0.383 e. The van der Waals surface area contributed by atoms with Gasteiger partial charge >= 0.3 is 0 Å². The second-order valence-corrected chi connectivity index (χ2v) is 7.49. The molecule has 0 fully saturated rings. The Balaban J connectivity index is 1.74. The molecule has 0 saturated heterocycles. The van der Waals surface area contributed by atoms with Crippen LogP contribution in [0.25, 0.3) is 11.4 Å². The smallest absolute Gasteiger partial charge is 0.175 e. The Morgan fingerprint density at radius 1 is 1.04 bits per heavy atom. The fraction of sp³-hybridized carbons (Fsp3) is 0.118. The van der Waals surface area contributed by atoms with E-state index in [-0.39, 0.29) is 0 Å². The number of hydrogen-bond donors (Lipinski definition) is 2. The monoisotopic (exact) mass is 355 g/mol. The molecule has 2 heterocycles. The highest BCUT2D eigenvalue weighted by Crippen LogP contribution is 2.21. The van der Waals surface area contributed by atoms with E-state index in [0.29, 0.717) is 34.5 Å². The summed E-state index contributed by atoms with van der Waals surface area (Å²) >= 11 is 0. The van der Waals surface area contributed by atoms with Crippen molar-refractivity contribution in [1.82, 2.24) is 15.0 Å². The molecule has 128 valence electrons. The first-order valence-corrected chi connectivity index (χ1v) is 9.39. The topological polar surface area (TPSA) is 111 Å². The molecule has 0 saturated carbocycles. The van der Waals surface area contributed by atoms with Crippen molar-refractivity contribution in [3.05, 3.63) is 60.4 Å². The number of nitrogen functional groups attached to an aromatic ring is 1. The van der Waals surface area contributed by atoms with E-state index in [4.69, 9.17) is 5.73 Å². The summed E-state index contributed by atoms with van der Waals surface area (Å²) in [5.74, 6) is 1.50. The lowest BCUT2D eigenvalue weighted by molar-refractivity contribution is 0.602. The number of nitrogens with one attached hydrogen (secondary N) is 1. The van der Waals surface area contributed by atoms with Gasteiger partial charge in [-0.15, -0.1) is 0 Å². The number of nitrogens with zero attached hydrogens (tertiary/aromatic N) is 3. The minimum Gasteiger partial charge on any atom is -0.383 e. The van der Waals surface area contributed by atoms with Crippen LogP contribution in [0.2, 0.25) is 0 Å². The number of anilines is 2. The average molecular weight is 355 g/mol. The molecule has 0 radical (unpaired) electrons. The molecule has 7 nitrogen and oxygen atoms in total. The zero-order valence-corrected chi connectivity index (χ0v) is 14.4. The third-order valence-electron chi connectivity index (χ3n) is 3.56. The lowest BCUT2D eigenvalue weighted by Crippen LogP contribution is -2.04. The lowest BCUT2D eigenvalue weighted by Gasteiger charge is -2.08. The quantitative estimate of drug-likeness (QED) is 0.721. The van der Waals surface area contributed by atoms with Gasteiger partial charge in [0.1, 0.15) is 11.6 Å². The van der Waals surface area contributed by atoms with Crippen LogP contribution in [-0.4, -0.2) is 29.6 Å². The van der Waals surface area contributed by atoms with Crippen molar-refractivity contribution in [2.24, 2.45) is 0 Å². The fourth-order valence-electron chi connectivity index (χ4n) is 2.24. The van der Waals surface area contributed by atoms with Crippen LogP contribution >= 0.6 is 0 Å². The maximum atomic E-state index is 11.5. The van der Waals surface area contributed by atoms with Crippen molar-refractivity contribution in [1.29, 1.82) is 0 Å². The number of rotatable bonds is 5. The molecule has 3 N–H and O–H groups in total. The SMILES string of the molecule is CS(=O)(=O)c1ccc(CNc2ccnc(-c3cccnc3N)n2)cc1. The van der Waals surface area contributed by atoms with Gasteiger partial charge in [-0.05, 0) is 35.9 Å². The minimum absolute atomic E-state index is 0.299. The zero-order valence-electron chi connectivity index (χ0n) is 13.5. The third-order valence-corrected chi connectivity index (χ3v) is 4.69. The highest BCUT2D eigenvalue weighted by molar-refractivity contribution is 7.90. The minimum atomic E-state index is -3.19. The Morgan fingerprint density at radius 2 is 1.80 bits per heavy atom. The van der Waals surface area contributed by atoms with Crippen molar-refractivity contribution in [2.45, 2.75) is 11.4 Å². The molecule has 0 aliphatic carbocycles. The van der Waals surface area contributed by atoms with E-state index in [1.165, 1.54) is 6.26 Å². The van der Waals surface area contributed by atoms with Crippen LogP contribution in [0.5, 0.6) is 0 Å². The number of sulfone groups is 1. The van der Waals surface area contributed by atoms with Crippen LogP contribution in [0.3, 0.4) is 0 Å². The molecule has 25 heavy (non-hydrogen) atoms. The third kappa shape index (κ3) is 4.10. The Labute approximate surface area is 145 Å². The van der Waals surface area contributed by atoms with Crippen LogP contribution in [0.4, 0.5) is 11.6 Å². The normalized spacial score (nSPS) is 11.2. The van der Waals surface area contributed by atoms with Crippen molar-refractivity contribution in [2.75, 3.05) is 17.3 Å². The average Bonchev–Trinajstić information content (AvgIpc) is 2.60. The molecule has 0 unspecified atom stereocenters. The molecular formula is C17H17N5O2S. The molecule has 3 rings (SSSR count). The summed E-state index contributed by atoms with van der Waals surface area (Å²) in [4.78, 5) is 13.0. The van der Waals surface area contributed by atoms with Gasteiger partial charge in [0.05, 0.1) is 10.5 Å². The molecule has 1 aromatic carbocycles. The van der Waals surface area contributed by atoms with Crippen molar-refractivity contribution < 1.29 is 8.42 Å². The van der Waals surface area contributed by atoms with Crippen LogP contribution in [0.1, 0.15) is 5.56 Å². The maximum absolute atomic E-state index is 11.5. The first kappa shape index (κ1) is 16.8. The van der Waals surface area contributed by atoms with Gasteiger partial charge in [-0.1, -0.05) is 12.1 Å². The van der Waals surface area contributed by atoms with Crippen molar-refractivity contribution >= 4 is 21.5 Å². The summed E-state index contributed by atoms with van der Waals surface area (Å²) in [7, 11) is -3.19. The molecule has 2 aromatic heterocycles. The number of benzene rings is 1. The molecule has 0 aliphatic heterocycles. The maximum Gasteiger partial charge on any atom is 0.175 e. The Bertz CT molecular complexity index is 988.